The molecule has 19 heavy (non-hydrogen) atoms. The predicted octanol–water partition coefficient (Wildman–Crippen LogP) is 2.99. The summed E-state index contributed by atoms with van der Waals surface area (Å²) >= 11 is 0. The molecule has 0 amide bonds. The van der Waals surface area contributed by atoms with Gasteiger partial charge >= 0.3 is 0 Å². The van der Waals surface area contributed by atoms with Crippen molar-refractivity contribution in [3.05, 3.63) is 0 Å². The first-order valence-electron chi connectivity index (χ1n) is 7.68. The van der Waals surface area contributed by atoms with E-state index in [9.17, 15) is 0 Å². The fourth-order valence-corrected chi connectivity index (χ4v) is 6.16. The normalized spacial score (nSPS) is 48.8. The van der Waals surface area contributed by atoms with E-state index in [0.717, 1.165) is 11.8 Å². The third kappa shape index (κ3) is 2.20. The number of amidine groups is 1. The van der Waals surface area contributed by atoms with Gasteiger partial charge in [-0.25, -0.2) is 0 Å². The van der Waals surface area contributed by atoms with Gasteiger partial charge in [-0.2, -0.15) is 0 Å². The van der Waals surface area contributed by atoms with Crippen LogP contribution in [0.25, 0.3) is 0 Å². The van der Waals surface area contributed by atoms with E-state index in [4.69, 9.17) is 10.5 Å². The molecule has 4 aliphatic carbocycles. The minimum Gasteiger partial charge on any atom is -0.387 e. The van der Waals surface area contributed by atoms with E-state index in [0.29, 0.717) is 24.0 Å². The number of nitrogens with two attached hydrogens (primary N) is 1. The van der Waals surface area contributed by atoms with Gasteiger partial charge in [-0.05, 0) is 55.3 Å². The van der Waals surface area contributed by atoms with E-state index in [1.54, 1.807) is 7.11 Å². The van der Waals surface area contributed by atoms with Crippen molar-refractivity contribution in [2.75, 3.05) is 20.3 Å². The SMILES string of the molecule is COCCN=C(N)C12CC3CC(C)(CC(C)(C3)C1)C2. The van der Waals surface area contributed by atoms with E-state index in [-0.39, 0.29) is 5.41 Å². The van der Waals surface area contributed by atoms with Gasteiger partial charge in [-0.1, -0.05) is 13.8 Å². The highest BCUT2D eigenvalue weighted by atomic mass is 16.5. The van der Waals surface area contributed by atoms with Crippen molar-refractivity contribution >= 4 is 5.84 Å². The first-order valence-corrected chi connectivity index (χ1v) is 7.68. The van der Waals surface area contributed by atoms with Crippen LogP contribution in [0.2, 0.25) is 0 Å². The Morgan fingerprint density at radius 2 is 1.79 bits per heavy atom. The zero-order chi connectivity index (χ0) is 13.7. The Balaban J connectivity index is 1.86. The number of methoxy groups -OCH3 is 1. The van der Waals surface area contributed by atoms with Gasteiger partial charge in [-0.3, -0.25) is 4.99 Å². The lowest BCUT2D eigenvalue weighted by atomic mass is 9.40. The molecule has 3 nitrogen and oxygen atoms in total. The predicted molar refractivity (Wildman–Crippen MR) is 78.2 cm³/mol. The molecule has 108 valence electrons. The Kier molecular flexibility index (Phi) is 2.97. The lowest BCUT2D eigenvalue weighted by Crippen LogP contribution is -2.59. The summed E-state index contributed by atoms with van der Waals surface area (Å²) in [6.07, 6.45) is 8.01. The number of ether oxygens (including phenoxy) is 1. The maximum Gasteiger partial charge on any atom is 0.100 e. The first kappa shape index (κ1) is 13.4. The first-order chi connectivity index (χ1) is 8.89. The number of rotatable bonds is 4. The summed E-state index contributed by atoms with van der Waals surface area (Å²) in [4.78, 5) is 4.64. The Labute approximate surface area is 117 Å². The highest BCUT2D eigenvalue weighted by molar-refractivity contribution is 5.87. The van der Waals surface area contributed by atoms with Gasteiger partial charge in [0.2, 0.25) is 0 Å². The standard InChI is InChI=1S/C16H28N2O/c1-14-6-12-7-15(2,9-14)11-16(8-12,10-14)13(17)18-4-5-19-3/h12H,4-11H2,1-3H3,(H2,17,18). The van der Waals surface area contributed by atoms with Gasteiger partial charge in [-0.15, -0.1) is 0 Å². The number of aliphatic imine (C=N–C) groups is 1. The summed E-state index contributed by atoms with van der Waals surface area (Å²) in [7, 11) is 1.72. The molecule has 4 fully saturated rings. The molecule has 0 aromatic carbocycles. The molecule has 0 spiro atoms. The summed E-state index contributed by atoms with van der Waals surface area (Å²) in [5, 5.41) is 0. The van der Waals surface area contributed by atoms with Crippen LogP contribution in [0.5, 0.6) is 0 Å². The van der Waals surface area contributed by atoms with E-state index in [2.05, 4.69) is 18.8 Å². The molecule has 3 heteroatoms. The Morgan fingerprint density at radius 3 is 2.32 bits per heavy atom. The second-order valence-electron chi connectivity index (χ2n) is 8.17. The van der Waals surface area contributed by atoms with Crippen molar-refractivity contribution in [1.29, 1.82) is 0 Å². The molecule has 2 N–H and O–H groups in total. The topological polar surface area (TPSA) is 47.6 Å². The van der Waals surface area contributed by atoms with Crippen LogP contribution in [0.1, 0.15) is 52.4 Å². The third-order valence-electron chi connectivity index (χ3n) is 5.75. The van der Waals surface area contributed by atoms with Gasteiger partial charge in [0, 0.05) is 12.5 Å². The van der Waals surface area contributed by atoms with Gasteiger partial charge in [0.1, 0.15) is 5.84 Å². The summed E-state index contributed by atoms with van der Waals surface area (Å²) in [6, 6.07) is 0. The van der Waals surface area contributed by atoms with E-state index in [1.807, 2.05) is 0 Å². The van der Waals surface area contributed by atoms with Crippen molar-refractivity contribution in [3.8, 4) is 0 Å². The summed E-state index contributed by atoms with van der Waals surface area (Å²) in [6.45, 7) is 6.34. The molecule has 4 aliphatic rings. The quantitative estimate of drug-likeness (QED) is 0.482. The molecule has 2 atom stereocenters. The molecule has 4 saturated carbocycles. The van der Waals surface area contributed by atoms with Crippen molar-refractivity contribution in [3.63, 3.8) is 0 Å². The molecule has 0 saturated heterocycles. The summed E-state index contributed by atoms with van der Waals surface area (Å²) in [5.41, 5.74) is 7.65. The fraction of sp³-hybridized carbons (Fsp3) is 0.938. The van der Waals surface area contributed by atoms with Crippen LogP contribution in [0, 0.1) is 22.2 Å². The van der Waals surface area contributed by atoms with Gasteiger partial charge in [0.05, 0.1) is 13.2 Å². The second-order valence-corrected chi connectivity index (χ2v) is 8.17. The molecule has 4 bridgehead atoms. The van der Waals surface area contributed by atoms with E-state index < -0.39 is 0 Å². The van der Waals surface area contributed by atoms with Gasteiger partial charge in [0.15, 0.2) is 0 Å². The largest absolute Gasteiger partial charge is 0.387 e. The van der Waals surface area contributed by atoms with E-state index >= 15 is 0 Å². The van der Waals surface area contributed by atoms with Crippen molar-refractivity contribution in [2.24, 2.45) is 32.9 Å². The lowest BCUT2D eigenvalue weighted by Gasteiger charge is -2.65. The van der Waals surface area contributed by atoms with Gasteiger partial charge < -0.3 is 10.5 Å². The monoisotopic (exact) mass is 264 g/mol. The molecule has 4 rings (SSSR count). The molecule has 0 radical (unpaired) electrons. The molecule has 0 aromatic heterocycles. The third-order valence-corrected chi connectivity index (χ3v) is 5.75. The van der Waals surface area contributed by atoms with Crippen LogP contribution < -0.4 is 5.73 Å². The molecule has 2 unspecified atom stereocenters. The number of nitrogens with zero attached hydrogens (tertiary/aromatic N) is 1. The Morgan fingerprint density at radius 1 is 1.16 bits per heavy atom. The minimum atomic E-state index is 0.205. The molecular formula is C16H28N2O. The minimum absolute atomic E-state index is 0.205. The number of hydrogen-bond acceptors (Lipinski definition) is 2. The highest BCUT2D eigenvalue weighted by Crippen LogP contribution is 2.69. The summed E-state index contributed by atoms with van der Waals surface area (Å²) in [5.74, 6) is 1.80. The zero-order valence-corrected chi connectivity index (χ0v) is 12.7. The van der Waals surface area contributed by atoms with Crippen LogP contribution in [0.3, 0.4) is 0 Å². The van der Waals surface area contributed by atoms with Crippen LogP contribution >= 0.6 is 0 Å². The lowest BCUT2D eigenvalue weighted by molar-refractivity contribution is -0.116. The van der Waals surface area contributed by atoms with Gasteiger partial charge in [0.25, 0.3) is 0 Å². The smallest absolute Gasteiger partial charge is 0.100 e. The highest BCUT2D eigenvalue weighted by Gasteiger charge is 2.61. The molecule has 0 aliphatic heterocycles. The van der Waals surface area contributed by atoms with Crippen LogP contribution in [0.15, 0.2) is 4.99 Å². The maximum atomic E-state index is 6.43. The average molecular weight is 264 g/mol. The fourth-order valence-electron chi connectivity index (χ4n) is 6.16. The Hall–Kier alpha value is -0.570. The number of hydrogen-bond donors (Lipinski definition) is 1. The van der Waals surface area contributed by atoms with E-state index in [1.165, 1.54) is 38.5 Å². The van der Waals surface area contributed by atoms with Crippen molar-refractivity contribution in [2.45, 2.75) is 52.4 Å². The van der Waals surface area contributed by atoms with Crippen LogP contribution in [0.4, 0.5) is 0 Å². The molecule has 0 aromatic rings. The van der Waals surface area contributed by atoms with Crippen molar-refractivity contribution in [1.82, 2.24) is 0 Å². The molecular weight excluding hydrogens is 236 g/mol. The second kappa shape index (κ2) is 4.21. The maximum absolute atomic E-state index is 6.43. The Bertz CT molecular complexity index is 386. The molecule has 0 heterocycles. The van der Waals surface area contributed by atoms with Crippen LogP contribution in [-0.4, -0.2) is 26.1 Å². The van der Waals surface area contributed by atoms with Crippen LogP contribution in [-0.2, 0) is 4.74 Å². The average Bonchev–Trinajstić information content (AvgIpc) is 2.24. The van der Waals surface area contributed by atoms with Crippen molar-refractivity contribution < 1.29 is 4.74 Å². The zero-order valence-electron chi connectivity index (χ0n) is 12.7. The summed E-state index contributed by atoms with van der Waals surface area (Å²) < 4.78 is 5.09.